The fraction of sp³-hybridized carbons (Fsp3) is 0.400. The Labute approximate surface area is 319 Å². The molecule has 5 aromatic rings. The molecule has 2 aromatic carbocycles. The number of hydrogen-bond donors (Lipinski definition) is 2. The van der Waals surface area contributed by atoms with Crippen molar-refractivity contribution in [2.45, 2.75) is 90.1 Å². The summed E-state index contributed by atoms with van der Waals surface area (Å²) in [4.78, 5) is 56.0. The fourth-order valence-electron chi connectivity index (χ4n) is 6.11. The molecular formula is C40H49N7O4S2. The van der Waals surface area contributed by atoms with E-state index in [-0.39, 0.29) is 36.8 Å². The first-order valence-electron chi connectivity index (χ1n) is 18.0. The van der Waals surface area contributed by atoms with Gasteiger partial charge in [-0.1, -0.05) is 74.5 Å². The molecule has 0 aliphatic carbocycles. The van der Waals surface area contributed by atoms with Crippen LogP contribution in [0.15, 0.2) is 96.5 Å². The Balaban J connectivity index is 1.28. The average molecular weight is 756 g/mol. The first-order valence-corrected chi connectivity index (χ1v) is 19.8. The Morgan fingerprint density at radius 2 is 1.64 bits per heavy atom. The molecule has 0 spiro atoms. The number of imidazole rings is 1. The summed E-state index contributed by atoms with van der Waals surface area (Å²) in [6.45, 7) is 5.22. The lowest BCUT2D eigenvalue weighted by molar-refractivity contribution is -0.122. The van der Waals surface area contributed by atoms with Crippen molar-refractivity contribution in [3.05, 3.63) is 123 Å². The number of rotatable bonds is 20. The number of ketones is 1. The molecule has 3 aromatic heterocycles. The van der Waals surface area contributed by atoms with Crippen LogP contribution in [0.2, 0.25) is 0 Å². The minimum Gasteiger partial charge on any atom is -0.444 e. The fourth-order valence-corrected chi connectivity index (χ4v) is 7.45. The number of aromatic nitrogens is 4. The summed E-state index contributed by atoms with van der Waals surface area (Å²) in [7, 11) is 1.72. The van der Waals surface area contributed by atoms with Crippen molar-refractivity contribution < 1.29 is 19.1 Å². The highest BCUT2D eigenvalue weighted by molar-refractivity contribution is 7.09. The van der Waals surface area contributed by atoms with Crippen LogP contribution in [0.5, 0.6) is 0 Å². The highest BCUT2D eigenvalue weighted by Gasteiger charge is 2.27. The van der Waals surface area contributed by atoms with E-state index in [1.807, 2.05) is 64.7 Å². The number of aryl methyl sites for hydroxylation is 1. The van der Waals surface area contributed by atoms with Gasteiger partial charge in [0.15, 0.2) is 5.78 Å². The largest absolute Gasteiger partial charge is 0.444 e. The first kappa shape index (κ1) is 39.3. The minimum absolute atomic E-state index is 0.0277. The van der Waals surface area contributed by atoms with Gasteiger partial charge in [-0.15, -0.1) is 22.7 Å². The van der Waals surface area contributed by atoms with E-state index in [0.717, 1.165) is 26.7 Å². The molecule has 0 saturated heterocycles. The van der Waals surface area contributed by atoms with Gasteiger partial charge >= 0.3 is 12.1 Å². The van der Waals surface area contributed by atoms with Gasteiger partial charge in [-0.25, -0.2) is 19.6 Å². The van der Waals surface area contributed by atoms with Crippen molar-refractivity contribution >= 4 is 40.6 Å². The quantitative estimate of drug-likeness (QED) is 0.0834. The molecule has 3 amide bonds. The van der Waals surface area contributed by atoms with Crippen LogP contribution in [0, 0.1) is 5.92 Å². The van der Waals surface area contributed by atoms with Gasteiger partial charge in [0.05, 0.1) is 40.0 Å². The van der Waals surface area contributed by atoms with Gasteiger partial charge in [0.25, 0.3) is 0 Å². The second kappa shape index (κ2) is 20.4. The second-order valence-electron chi connectivity index (χ2n) is 13.7. The van der Waals surface area contributed by atoms with Crippen molar-refractivity contribution in [2.24, 2.45) is 5.92 Å². The highest BCUT2D eigenvalue weighted by atomic mass is 32.1. The number of carbonyl (C=O) groups excluding carboxylic acids is 3. The zero-order chi connectivity index (χ0) is 37.4. The second-order valence-corrected chi connectivity index (χ2v) is 15.5. The Hall–Kier alpha value is -4.88. The van der Waals surface area contributed by atoms with Gasteiger partial charge < -0.3 is 24.8 Å². The molecule has 11 nitrogen and oxygen atoms in total. The van der Waals surface area contributed by atoms with Crippen LogP contribution >= 0.6 is 22.7 Å². The lowest BCUT2D eigenvalue weighted by atomic mass is 9.86. The number of hydrogen-bond acceptors (Lipinski definition) is 9. The molecule has 5 rings (SSSR count). The monoisotopic (exact) mass is 755 g/mol. The SMILES string of the molecule is CC(C)c1nc(CN(C)C(=O)NC(CCn2ccnc2)C(=O)CC(CCC(Cc2ccccc2)NC(=O)OCc2cncs2)Cc2ccccc2)cs1. The van der Waals surface area contributed by atoms with Crippen molar-refractivity contribution in [3.63, 3.8) is 0 Å². The molecular weight excluding hydrogens is 707 g/mol. The van der Waals surface area contributed by atoms with Crippen molar-refractivity contribution in [3.8, 4) is 0 Å². The zero-order valence-corrected chi connectivity index (χ0v) is 32.2. The molecule has 53 heavy (non-hydrogen) atoms. The maximum Gasteiger partial charge on any atom is 0.407 e. The van der Waals surface area contributed by atoms with E-state index in [1.165, 1.54) is 11.3 Å². The maximum absolute atomic E-state index is 14.2. The van der Waals surface area contributed by atoms with Gasteiger partial charge in [0.2, 0.25) is 0 Å². The maximum atomic E-state index is 14.2. The molecule has 0 aliphatic rings. The Morgan fingerprint density at radius 3 is 2.28 bits per heavy atom. The number of alkyl carbamates (subject to hydrolysis) is 1. The van der Waals surface area contributed by atoms with Crippen molar-refractivity contribution in [2.75, 3.05) is 7.05 Å². The number of thiazole rings is 2. The zero-order valence-electron chi connectivity index (χ0n) is 30.6. The lowest BCUT2D eigenvalue weighted by Crippen LogP contribution is -2.47. The smallest absolute Gasteiger partial charge is 0.407 e. The van der Waals surface area contributed by atoms with Gasteiger partial charge in [-0.2, -0.15) is 0 Å². The highest BCUT2D eigenvalue weighted by Crippen LogP contribution is 2.23. The van der Waals surface area contributed by atoms with Gasteiger partial charge in [0.1, 0.15) is 6.61 Å². The summed E-state index contributed by atoms with van der Waals surface area (Å²) < 4.78 is 7.44. The third-order valence-corrected chi connectivity index (χ3v) is 10.9. The van der Waals surface area contributed by atoms with E-state index in [9.17, 15) is 14.4 Å². The number of carbonyl (C=O) groups is 3. The molecule has 0 saturated carbocycles. The number of Topliss-reactive ketones (excluding diaryl/α,β-unsaturated/α-hetero) is 1. The van der Waals surface area contributed by atoms with Gasteiger partial charge in [-0.05, 0) is 49.1 Å². The lowest BCUT2D eigenvalue weighted by Gasteiger charge is -2.26. The predicted octanol–water partition coefficient (Wildman–Crippen LogP) is 7.66. The third-order valence-electron chi connectivity index (χ3n) is 8.99. The van der Waals surface area contributed by atoms with Crippen LogP contribution in [0.1, 0.15) is 72.2 Å². The minimum atomic E-state index is -0.702. The molecule has 3 unspecified atom stereocenters. The summed E-state index contributed by atoms with van der Waals surface area (Å²) in [6.07, 6.45) is 9.78. The molecule has 3 heterocycles. The van der Waals surface area contributed by atoms with E-state index in [0.29, 0.717) is 51.1 Å². The van der Waals surface area contributed by atoms with Crippen LogP contribution in [-0.4, -0.2) is 61.5 Å². The standard InChI is InChI=1S/C40H49N7O4S2/c1-29(2)38-43-34(26-52-38)24-46(3)39(49)45-36(16-18-47-19-17-41-27-47)37(48)22-32(20-30-10-6-4-7-11-30)14-15-33(21-31-12-8-5-9-13-31)44-40(50)51-25-35-23-42-28-53-35/h4-13,17,19,23,26-29,32-33,36H,14-16,18,20-22,24-25H2,1-3H3,(H,44,50)(H,45,49). The third kappa shape index (κ3) is 13.2. The van der Waals surface area contributed by atoms with Crippen LogP contribution in [0.4, 0.5) is 9.59 Å². The summed E-state index contributed by atoms with van der Waals surface area (Å²) in [5.41, 5.74) is 4.76. The summed E-state index contributed by atoms with van der Waals surface area (Å²) in [5.74, 6) is 0.252. The molecule has 0 radical (unpaired) electrons. The number of nitrogens with zero attached hydrogens (tertiary/aromatic N) is 5. The van der Waals surface area contributed by atoms with E-state index >= 15 is 0 Å². The van der Waals surface area contributed by atoms with E-state index in [2.05, 4.69) is 51.6 Å². The summed E-state index contributed by atoms with van der Waals surface area (Å²) in [5, 5.41) is 9.15. The number of nitrogens with one attached hydrogen (secondary N) is 2. The Bertz CT molecular complexity index is 1820. The summed E-state index contributed by atoms with van der Waals surface area (Å²) in [6, 6.07) is 18.9. The van der Waals surface area contributed by atoms with Crippen LogP contribution < -0.4 is 10.6 Å². The van der Waals surface area contributed by atoms with Gasteiger partial charge in [-0.3, -0.25) is 9.78 Å². The molecule has 13 heteroatoms. The van der Waals surface area contributed by atoms with E-state index in [1.54, 1.807) is 47.5 Å². The topological polar surface area (TPSA) is 131 Å². The normalized spacial score (nSPS) is 12.9. The van der Waals surface area contributed by atoms with Crippen molar-refractivity contribution in [1.29, 1.82) is 0 Å². The van der Waals surface area contributed by atoms with Crippen LogP contribution in [0.3, 0.4) is 0 Å². The van der Waals surface area contributed by atoms with Crippen LogP contribution in [-0.2, 0) is 42.1 Å². The number of ether oxygens (including phenoxy) is 1. The molecule has 0 aliphatic heterocycles. The number of urea groups is 1. The Morgan fingerprint density at radius 1 is 0.906 bits per heavy atom. The Kier molecular flexibility index (Phi) is 15.1. The number of benzene rings is 2. The van der Waals surface area contributed by atoms with E-state index in [4.69, 9.17) is 4.74 Å². The van der Waals surface area contributed by atoms with Crippen molar-refractivity contribution in [1.82, 2.24) is 35.1 Å². The first-order chi connectivity index (χ1) is 25.7. The molecule has 3 atom stereocenters. The molecule has 280 valence electrons. The molecule has 0 bridgehead atoms. The molecule has 2 N–H and O–H groups in total. The predicted molar refractivity (Wildman–Crippen MR) is 209 cm³/mol. The summed E-state index contributed by atoms with van der Waals surface area (Å²) >= 11 is 3.03. The van der Waals surface area contributed by atoms with Crippen LogP contribution in [0.25, 0.3) is 0 Å². The molecule has 0 fully saturated rings. The van der Waals surface area contributed by atoms with Gasteiger partial charge in [0, 0.05) is 55.9 Å². The van der Waals surface area contributed by atoms with E-state index < -0.39 is 12.1 Å². The number of amides is 3. The average Bonchev–Trinajstić information content (AvgIpc) is 3.96.